The Hall–Kier alpha value is 0.370. The average Bonchev–Trinajstić information content (AvgIpc) is 1.96. The maximum atomic E-state index is 10.1. The zero-order valence-corrected chi connectivity index (χ0v) is 12.4. The van der Waals surface area contributed by atoms with E-state index in [0.29, 0.717) is 0 Å². The molecule has 1 N–H and O–H groups in total. The number of carboxylic acids is 3. The van der Waals surface area contributed by atoms with Gasteiger partial charge in [0.1, 0.15) is 12.7 Å². The summed E-state index contributed by atoms with van der Waals surface area (Å²) >= 11 is 0. The molecule has 0 aromatic heterocycles. The van der Waals surface area contributed by atoms with Crippen molar-refractivity contribution in [3.8, 4) is 0 Å². The van der Waals surface area contributed by atoms with Crippen molar-refractivity contribution in [1.29, 1.82) is 0 Å². The number of carbonyl (C=O) groups excluding carboxylic acids is 2. The fraction of sp³-hybridized carbons (Fsp3) is 0.500. The summed E-state index contributed by atoms with van der Waals surface area (Å²) in [4.78, 5) is 30.0. The van der Waals surface area contributed by atoms with Crippen LogP contribution in [0.5, 0.6) is 0 Å². The molecule has 0 aromatic carbocycles. The fourth-order valence-electron chi connectivity index (χ4n) is 0.534. The predicted octanol–water partition coefficient (Wildman–Crippen LogP) is -9.65. The molecule has 0 amide bonds. The van der Waals surface area contributed by atoms with Gasteiger partial charge in [0.05, 0.1) is 5.97 Å². The Morgan fingerprint density at radius 1 is 1.20 bits per heavy atom. The van der Waals surface area contributed by atoms with Crippen molar-refractivity contribution >= 4 is 17.9 Å². The summed E-state index contributed by atoms with van der Waals surface area (Å²) in [6.45, 7) is -0.897. The summed E-state index contributed by atoms with van der Waals surface area (Å²) in [5.41, 5.74) is 0. The summed E-state index contributed by atoms with van der Waals surface area (Å²) in [5.74, 6) is -4.84. The Balaban J connectivity index is -0.000000720. The van der Waals surface area contributed by atoms with Crippen LogP contribution >= 0.6 is 0 Å². The van der Waals surface area contributed by atoms with Crippen LogP contribution in [0.1, 0.15) is 6.42 Å². The van der Waals surface area contributed by atoms with E-state index in [2.05, 4.69) is 4.74 Å². The number of aliphatic carboxylic acids is 3. The van der Waals surface area contributed by atoms with Gasteiger partial charge in [0.25, 0.3) is 0 Å². The first-order valence-electron chi connectivity index (χ1n) is 3.17. The molecule has 0 radical (unpaired) electrons. The van der Waals surface area contributed by atoms with Gasteiger partial charge in [-0.2, -0.15) is 0 Å². The second kappa shape index (κ2) is 10.9. The number of carbonyl (C=O) groups is 3. The van der Waals surface area contributed by atoms with E-state index in [-0.39, 0.29) is 59.1 Å². The van der Waals surface area contributed by atoms with E-state index in [9.17, 15) is 24.6 Å². The van der Waals surface area contributed by atoms with Crippen LogP contribution in [0.2, 0.25) is 0 Å². The minimum atomic E-state index is -1.79. The van der Waals surface area contributed by atoms with E-state index in [4.69, 9.17) is 5.11 Å². The number of rotatable bonds is 6. The Morgan fingerprint density at radius 3 is 1.93 bits per heavy atom. The van der Waals surface area contributed by atoms with Crippen LogP contribution < -0.4 is 69.3 Å². The average molecular weight is 236 g/mol. The van der Waals surface area contributed by atoms with Gasteiger partial charge in [-0.3, -0.25) is 0 Å². The smallest absolute Gasteiger partial charge is 0.550 e. The van der Waals surface area contributed by atoms with Gasteiger partial charge in [0.2, 0.25) is 0 Å². The summed E-state index contributed by atoms with van der Waals surface area (Å²) < 4.78 is 4.19. The molecule has 0 saturated carbocycles. The summed E-state index contributed by atoms with van der Waals surface area (Å²) in [7, 11) is 0. The molecule has 9 heteroatoms. The van der Waals surface area contributed by atoms with E-state index in [0.717, 1.165) is 0 Å². The molecule has 0 aliphatic rings. The molecular formula is C6H6Na2O7. The van der Waals surface area contributed by atoms with Crippen LogP contribution in [0, 0.1) is 0 Å². The number of hydrogen-bond donors (Lipinski definition) is 1. The van der Waals surface area contributed by atoms with Crippen molar-refractivity contribution in [1.82, 2.24) is 0 Å². The van der Waals surface area contributed by atoms with E-state index < -0.39 is 37.0 Å². The second-order valence-electron chi connectivity index (χ2n) is 2.09. The molecule has 0 rings (SSSR count). The molecule has 0 aliphatic heterocycles. The molecule has 1 atom stereocenters. The van der Waals surface area contributed by atoms with Crippen molar-refractivity contribution < 1.29 is 93.6 Å². The number of ether oxygens (including phenoxy) is 1. The Kier molecular flexibility index (Phi) is 15.0. The standard InChI is InChI=1S/C6H8O7.2Na/c7-4(8)1-3(6(11)12)13-2-5(9)10;;/h3H,1-2H2,(H,7,8)(H,9,10)(H,11,12);;/q;2*+1/p-2. The first-order valence-corrected chi connectivity index (χ1v) is 3.17. The van der Waals surface area contributed by atoms with Crippen molar-refractivity contribution in [3.05, 3.63) is 0 Å². The van der Waals surface area contributed by atoms with Crippen molar-refractivity contribution in [2.45, 2.75) is 12.5 Å². The third-order valence-electron chi connectivity index (χ3n) is 1.02. The molecule has 15 heavy (non-hydrogen) atoms. The first kappa shape index (κ1) is 20.7. The predicted molar refractivity (Wildman–Crippen MR) is 32.0 cm³/mol. The summed E-state index contributed by atoms with van der Waals surface area (Å²) in [5, 5.41) is 28.1. The van der Waals surface area contributed by atoms with Crippen LogP contribution in [-0.2, 0) is 19.1 Å². The molecule has 0 fully saturated rings. The van der Waals surface area contributed by atoms with Crippen molar-refractivity contribution in [2.75, 3.05) is 6.61 Å². The van der Waals surface area contributed by atoms with E-state index >= 15 is 0 Å². The zero-order valence-electron chi connectivity index (χ0n) is 8.39. The summed E-state index contributed by atoms with van der Waals surface area (Å²) in [6.07, 6.45) is -2.73. The monoisotopic (exact) mass is 236 g/mol. The molecule has 0 bridgehead atoms. The normalized spacial score (nSPS) is 10.4. The minimum Gasteiger partial charge on any atom is -0.550 e. The molecule has 0 aliphatic carbocycles. The van der Waals surface area contributed by atoms with Crippen LogP contribution in [0.25, 0.3) is 0 Å². The van der Waals surface area contributed by atoms with Crippen LogP contribution in [0.3, 0.4) is 0 Å². The quantitative estimate of drug-likeness (QED) is 0.453. The Morgan fingerprint density at radius 2 is 1.67 bits per heavy atom. The van der Waals surface area contributed by atoms with Gasteiger partial charge in [-0.25, -0.2) is 4.79 Å². The van der Waals surface area contributed by atoms with Crippen LogP contribution in [0.4, 0.5) is 0 Å². The largest absolute Gasteiger partial charge is 1.00 e. The van der Waals surface area contributed by atoms with Gasteiger partial charge in [0.15, 0.2) is 0 Å². The molecule has 74 valence electrons. The van der Waals surface area contributed by atoms with Gasteiger partial charge >= 0.3 is 65.1 Å². The fourth-order valence-corrected chi connectivity index (χ4v) is 0.534. The Labute approximate surface area is 129 Å². The van der Waals surface area contributed by atoms with Gasteiger partial charge in [-0.05, 0) is 0 Å². The maximum Gasteiger partial charge on any atom is 1.00 e. The van der Waals surface area contributed by atoms with Crippen LogP contribution in [0.15, 0.2) is 0 Å². The van der Waals surface area contributed by atoms with E-state index in [1.165, 1.54) is 0 Å². The molecule has 0 saturated heterocycles. The molecule has 1 unspecified atom stereocenters. The molecule has 7 nitrogen and oxygen atoms in total. The topological polar surface area (TPSA) is 127 Å². The third kappa shape index (κ3) is 12.3. The van der Waals surface area contributed by atoms with Crippen molar-refractivity contribution in [2.24, 2.45) is 0 Å². The van der Waals surface area contributed by atoms with E-state index in [1.54, 1.807) is 0 Å². The maximum absolute atomic E-state index is 10.1. The molecule has 0 heterocycles. The second-order valence-corrected chi connectivity index (χ2v) is 2.09. The van der Waals surface area contributed by atoms with Gasteiger partial charge in [-0.15, -0.1) is 0 Å². The molecule has 0 aromatic rings. The SMILES string of the molecule is O=C([O-])CC(OCC(=O)O)C(=O)[O-].[Na+].[Na+]. The van der Waals surface area contributed by atoms with E-state index in [1.807, 2.05) is 0 Å². The first-order chi connectivity index (χ1) is 5.93. The van der Waals surface area contributed by atoms with Gasteiger partial charge in [-0.1, -0.05) is 0 Å². The van der Waals surface area contributed by atoms with Gasteiger partial charge in [0, 0.05) is 12.4 Å². The zero-order chi connectivity index (χ0) is 10.4. The molecular weight excluding hydrogens is 230 g/mol. The summed E-state index contributed by atoms with van der Waals surface area (Å²) in [6, 6.07) is 0. The Bertz CT molecular complexity index is 230. The van der Waals surface area contributed by atoms with Crippen molar-refractivity contribution in [3.63, 3.8) is 0 Å². The minimum absolute atomic E-state index is 0. The molecule has 0 spiro atoms. The number of hydrogen-bond acceptors (Lipinski definition) is 6. The van der Waals surface area contributed by atoms with Crippen LogP contribution in [-0.4, -0.2) is 35.7 Å². The van der Waals surface area contributed by atoms with Gasteiger partial charge < -0.3 is 29.6 Å². The number of carboxylic acid groups (broad SMARTS) is 3. The third-order valence-corrected chi connectivity index (χ3v) is 1.02.